The van der Waals surface area contributed by atoms with E-state index in [2.05, 4.69) is 9.98 Å². The highest BCUT2D eigenvalue weighted by atomic mass is 35.5. The number of aliphatic imine (C=N–C) groups is 1. The maximum atomic E-state index is 12.6. The minimum atomic E-state index is -2.64. The lowest BCUT2D eigenvalue weighted by atomic mass is 10.2. The quantitative estimate of drug-likeness (QED) is 0.471. The van der Waals surface area contributed by atoms with Gasteiger partial charge in [-0.15, -0.1) is 0 Å². The second-order valence-corrected chi connectivity index (χ2v) is 3.95. The molecular formula is C11H14ClF2N3. The van der Waals surface area contributed by atoms with Crippen molar-refractivity contribution in [3.05, 3.63) is 22.5 Å². The van der Waals surface area contributed by atoms with Crippen LogP contribution >= 0.6 is 11.6 Å². The molecule has 0 aliphatic rings. The number of aromatic nitrogens is 1. The molecule has 6 heteroatoms. The lowest BCUT2D eigenvalue weighted by Gasteiger charge is -2.10. The molecule has 0 aliphatic carbocycles. The third-order valence-electron chi connectivity index (χ3n) is 2.29. The average Bonchev–Trinajstić information content (AvgIpc) is 2.26. The first-order valence-electron chi connectivity index (χ1n) is 5.15. The Kier molecular flexibility index (Phi) is 4.81. The average molecular weight is 262 g/mol. The molecule has 0 saturated carbocycles. The Morgan fingerprint density at radius 2 is 2.24 bits per heavy atom. The molecule has 0 radical (unpaired) electrons. The van der Waals surface area contributed by atoms with E-state index in [1.54, 1.807) is 13.3 Å². The number of hydrogen-bond acceptors (Lipinski definition) is 2. The highest BCUT2D eigenvalue weighted by molar-refractivity contribution is 6.30. The zero-order valence-corrected chi connectivity index (χ0v) is 10.7. The van der Waals surface area contributed by atoms with Gasteiger partial charge in [-0.3, -0.25) is 0 Å². The van der Waals surface area contributed by atoms with Crippen LogP contribution in [0.25, 0.3) is 0 Å². The molecule has 1 rings (SSSR count). The number of alkyl halides is 2. The monoisotopic (exact) mass is 261 g/mol. The minimum absolute atomic E-state index is 0.166. The lowest BCUT2D eigenvalue weighted by molar-refractivity contribution is 0.151. The molecule has 0 fully saturated rings. The van der Waals surface area contributed by atoms with E-state index in [-0.39, 0.29) is 10.7 Å². The SMILES string of the molecule is CCN(C)C=Nc1cc(C(F)F)c(Cl)nc1C. The van der Waals surface area contributed by atoms with E-state index in [0.717, 1.165) is 6.54 Å². The van der Waals surface area contributed by atoms with Crippen molar-refractivity contribution >= 4 is 23.6 Å². The van der Waals surface area contributed by atoms with Crippen molar-refractivity contribution in [2.24, 2.45) is 4.99 Å². The first kappa shape index (κ1) is 13.8. The summed E-state index contributed by atoms with van der Waals surface area (Å²) in [5.41, 5.74) is 0.647. The van der Waals surface area contributed by atoms with Crippen LogP contribution in [0.3, 0.4) is 0 Å². The smallest absolute Gasteiger partial charge is 0.266 e. The standard InChI is InChI=1S/C11H14ClF2N3/c1-4-17(3)6-15-9-5-8(11(13)14)10(12)16-7(9)2/h5-6,11H,4H2,1-3H3. The van der Waals surface area contributed by atoms with E-state index in [0.29, 0.717) is 11.4 Å². The lowest BCUT2D eigenvalue weighted by Crippen LogP contribution is -2.14. The Morgan fingerprint density at radius 3 is 2.76 bits per heavy atom. The van der Waals surface area contributed by atoms with E-state index < -0.39 is 6.43 Å². The second kappa shape index (κ2) is 5.91. The maximum absolute atomic E-state index is 12.6. The molecule has 1 heterocycles. The summed E-state index contributed by atoms with van der Waals surface area (Å²) in [5.74, 6) is 0. The Bertz CT molecular complexity index is 421. The van der Waals surface area contributed by atoms with Gasteiger partial charge in [0.25, 0.3) is 6.43 Å². The topological polar surface area (TPSA) is 28.5 Å². The van der Waals surface area contributed by atoms with E-state index in [4.69, 9.17) is 11.6 Å². The van der Waals surface area contributed by atoms with Crippen LogP contribution in [-0.4, -0.2) is 29.8 Å². The van der Waals surface area contributed by atoms with Crippen LogP contribution in [-0.2, 0) is 0 Å². The number of rotatable bonds is 4. The molecule has 0 spiro atoms. The fraction of sp³-hybridized carbons (Fsp3) is 0.455. The molecule has 94 valence electrons. The van der Waals surface area contributed by atoms with Crippen molar-refractivity contribution < 1.29 is 8.78 Å². The zero-order chi connectivity index (χ0) is 13.0. The number of nitrogens with zero attached hydrogens (tertiary/aromatic N) is 3. The highest BCUT2D eigenvalue weighted by Crippen LogP contribution is 2.30. The third-order valence-corrected chi connectivity index (χ3v) is 2.60. The van der Waals surface area contributed by atoms with Crippen LogP contribution in [0, 0.1) is 6.92 Å². The molecule has 17 heavy (non-hydrogen) atoms. The van der Waals surface area contributed by atoms with Gasteiger partial charge in [-0.25, -0.2) is 18.8 Å². The van der Waals surface area contributed by atoms with Gasteiger partial charge in [-0.1, -0.05) is 11.6 Å². The van der Waals surface area contributed by atoms with Gasteiger partial charge in [0.15, 0.2) is 0 Å². The van der Waals surface area contributed by atoms with Gasteiger partial charge in [0.1, 0.15) is 5.15 Å². The molecule has 0 amide bonds. The van der Waals surface area contributed by atoms with E-state index in [9.17, 15) is 8.78 Å². The van der Waals surface area contributed by atoms with Gasteiger partial charge < -0.3 is 4.90 Å². The summed E-state index contributed by atoms with van der Waals surface area (Å²) in [6, 6.07) is 1.27. The highest BCUT2D eigenvalue weighted by Gasteiger charge is 2.15. The van der Waals surface area contributed by atoms with Gasteiger partial charge >= 0.3 is 0 Å². The number of hydrogen-bond donors (Lipinski definition) is 0. The summed E-state index contributed by atoms with van der Waals surface area (Å²) in [4.78, 5) is 9.79. The number of halogens is 3. The summed E-state index contributed by atoms with van der Waals surface area (Å²) in [6.07, 6.45) is -1.07. The first-order chi connectivity index (χ1) is 7.95. The molecule has 3 nitrogen and oxygen atoms in total. The molecule has 0 unspecified atom stereocenters. The Morgan fingerprint density at radius 1 is 1.59 bits per heavy atom. The molecule has 0 bridgehead atoms. The number of aryl methyl sites for hydroxylation is 1. The van der Waals surface area contributed by atoms with Crippen LogP contribution in [0.5, 0.6) is 0 Å². The predicted octanol–water partition coefficient (Wildman–Crippen LogP) is 3.59. The van der Waals surface area contributed by atoms with Crippen LogP contribution in [0.2, 0.25) is 5.15 Å². The van der Waals surface area contributed by atoms with E-state index in [1.165, 1.54) is 6.07 Å². The summed E-state index contributed by atoms with van der Waals surface area (Å²) in [7, 11) is 1.84. The zero-order valence-electron chi connectivity index (χ0n) is 9.91. The summed E-state index contributed by atoms with van der Waals surface area (Å²) in [5, 5.41) is -0.166. The van der Waals surface area contributed by atoms with Crippen molar-refractivity contribution in [2.45, 2.75) is 20.3 Å². The Hall–Kier alpha value is -1.23. The summed E-state index contributed by atoms with van der Waals surface area (Å²) >= 11 is 5.63. The molecular weight excluding hydrogens is 248 g/mol. The van der Waals surface area contributed by atoms with Crippen LogP contribution in [0.15, 0.2) is 11.1 Å². The van der Waals surface area contributed by atoms with Gasteiger partial charge in [-0.05, 0) is 19.9 Å². The molecule has 1 aromatic rings. The first-order valence-corrected chi connectivity index (χ1v) is 5.53. The molecule has 1 aromatic heterocycles. The number of pyridine rings is 1. The normalized spacial score (nSPS) is 11.5. The van der Waals surface area contributed by atoms with Crippen molar-refractivity contribution in [1.29, 1.82) is 0 Å². The van der Waals surface area contributed by atoms with Gasteiger partial charge in [0, 0.05) is 13.6 Å². The maximum Gasteiger partial charge on any atom is 0.266 e. The summed E-state index contributed by atoms with van der Waals surface area (Å²) in [6.45, 7) is 4.43. The van der Waals surface area contributed by atoms with Crippen LogP contribution in [0.1, 0.15) is 24.6 Å². The molecule has 0 saturated heterocycles. The molecule has 0 aliphatic heterocycles. The Balaban J connectivity index is 3.08. The van der Waals surface area contributed by atoms with Gasteiger partial charge in [-0.2, -0.15) is 0 Å². The van der Waals surface area contributed by atoms with Crippen molar-refractivity contribution in [2.75, 3.05) is 13.6 Å². The Labute approximate surface area is 104 Å². The molecule has 0 N–H and O–H groups in total. The largest absolute Gasteiger partial charge is 0.366 e. The molecule has 0 aromatic carbocycles. The third kappa shape index (κ3) is 3.63. The summed E-state index contributed by atoms with van der Waals surface area (Å²) < 4.78 is 25.2. The van der Waals surface area contributed by atoms with Crippen molar-refractivity contribution in [1.82, 2.24) is 9.88 Å². The van der Waals surface area contributed by atoms with Gasteiger partial charge in [0.2, 0.25) is 0 Å². The fourth-order valence-corrected chi connectivity index (χ4v) is 1.37. The second-order valence-electron chi connectivity index (χ2n) is 3.59. The molecule has 0 atom stereocenters. The fourth-order valence-electron chi connectivity index (χ4n) is 1.11. The van der Waals surface area contributed by atoms with Crippen LogP contribution in [0.4, 0.5) is 14.5 Å². The van der Waals surface area contributed by atoms with E-state index in [1.807, 2.05) is 18.9 Å². The van der Waals surface area contributed by atoms with Crippen LogP contribution < -0.4 is 0 Å². The van der Waals surface area contributed by atoms with Crippen molar-refractivity contribution in [3.63, 3.8) is 0 Å². The minimum Gasteiger partial charge on any atom is -0.366 e. The van der Waals surface area contributed by atoms with Gasteiger partial charge in [0.05, 0.1) is 23.3 Å². The predicted molar refractivity (Wildman–Crippen MR) is 65.4 cm³/mol. The van der Waals surface area contributed by atoms with Crippen molar-refractivity contribution in [3.8, 4) is 0 Å². The van der Waals surface area contributed by atoms with E-state index >= 15 is 0 Å².